The number of carbonyl (C=O) groups is 2. The van der Waals surface area contributed by atoms with E-state index in [2.05, 4.69) is 46.5 Å². The van der Waals surface area contributed by atoms with Crippen molar-refractivity contribution in [2.24, 2.45) is 0 Å². The Morgan fingerprint density at radius 2 is 1.27 bits per heavy atom. The van der Waals surface area contributed by atoms with Gasteiger partial charge in [-0.25, -0.2) is 14.6 Å². The van der Waals surface area contributed by atoms with Gasteiger partial charge in [0.15, 0.2) is 0 Å². The lowest BCUT2D eigenvalue weighted by Crippen LogP contribution is -2.43. The average Bonchev–Trinajstić information content (AvgIpc) is 2.44. The topological polar surface area (TPSA) is 65.5 Å². The third-order valence-electron chi connectivity index (χ3n) is 5.51. The molecule has 0 amide bonds. The summed E-state index contributed by atoms with van der Waals surface area (Å²) in [5.74, 6) is -0.904. The first-order valence-electron chi connectivity index (χ1n) is 8.91. The summed E-state index contributed by atoms with van der Waals surface area (Å²) in [5.41, 5.74) is 0.464. The Hall–Kier alpha value is -1.48. The Bertz CT molecular complexity index is 630. The highest BCUT2D eigenvalue weighted by Gasteiger charge is 2.42. The monoisotopic (exact) mass is 395 g/mol. The molecule has 0 aliphatic carbocycles. The van der Waals surface area contributed by atoms with Crippen molar-refractivity contribution in [1.29, 1.82) is 0 Å². The predicted octanol–water partition coefficient (Wildman–Crippen LogP) is 5.41. The maximum atomic E-state index is 12.6. The van der Waals surface area contributed by atoms with Crippen LogP contribution in [0.3, 0.4) is 0 Å². The van der Waals surface area contributed by atoms with Crippen LogP contribution in [-0.4, -0.2) is 33.6 Å². The van der Waals surface area contributed by atoms with Crippen molar-refractivity contribution < 1.29 is 18.4 Å². The van der Waals surface area contributed by atoms with E-state index in [-0.39, 0.29) is 15.8 Å². The summed E-state index contributed by atoms with van der Waals surface area (Å²) in [6.45, 7) is 20.4. The molecule has 0 N–H and O–H groups in total. The first kappa shape index (κ1) is 22.6. The SMILES string of the molecule is CC(C)(C)[Si](C)(C)OC(=O)c1ccnc(C(=O)O[Si](C)(C)C(C)(C)C)c1. The van der Waals surface area contributed by atoms with Crippen molar-refractivity contribution >= 4 is 28.6 Å². The van der Waals surface area contributed by atoms with Gasteiger partial charge in [-0.3, -0.25) is 0 Å². The normalized spacial score (nSPS) is 13.3. The molecule has 5 nitrogen and oxygen atoms in total. The lowest BCUT2D eigenvalue weighted by atomic mass is 10.2. The van der Waals surface area contributed by atoms with Crippen LogP contribution < -0.4 is 0 Å². The summed E-state index contributed by atoms with van der Waals surface area (Å²) >= 11 is 0. The lowest BCUT2D eigenvalue weighted by molar-refractivity contribution is 0.0706. The van der Waals surface area contributed by atoms with E-state index in [4.69, 9.17) is 8.85 Å². The third kappa shape index (κ3) is 5.26. The minimum atomic E-state index is -2.26. The number of aromatic nitrogens is 1. The van der Waals surface area contributed by atoms with Gasteiger partial charge < -0.3 is 8.85 Å². The maximum absolute atomic E-state index is 12.6. The molecule has 1 heterocycles. The van der Waals surface area contributed by atoms with E-state index in [1.54, 1.807) is 6.07 Å². The van der Waals surface area contributed by atoms with Gasteiger partial charge in [-0.1, -0.05) is 41.5 Å². The standard InChI is InChI=1S/C19H33NO4Si2/c1-18(2,3)25(7,8)23-16(21)14-11-12-20-15(13-14)17(22)24-26(9,10)19(4,5)6/h11-13H,1-10H3. The second-order valence-corrected chi connectivity index (χ2v) is 19.2. The van der Waals surface area contributed by atoms with Gasteiger partial charge in [0.25, 0.3) is 16.6 Å². The first-order valence-corrected chi connectivity index (χ1v) is 14.7. The fourth-order valence-corrected chi connectivity index (χ4v) is 3.31. The molecule has 0 atom stereocenters. The molecular weight excluding hydrogens is 362 g/mol. The fourth-order valence-electron chi connectivity index (χ4n) is 1.55. The molecule has 0 aromatic carbocycles. The van der Waals surface area contributed by atoms with E-state index in [0.717, 1.165) is 0 Å². The van der Waals surface area contributed by atoms with Crippen LogP contribution in [0.5, 0.6) is 0 Å². The van der Waals surface area contributed by atoms with Crippen molar-refractivity contribution in [3.8, 4) is 0 Å². The van der Waals surface area contributed by atoms with Crippen molar-refractivity contribution in [2.45, 2.75) is 77.8 Å². The summed E-state index contributed by atoms with van der Waals surface area (Å²) in [4.78, 5) is 29.2. The van der Waals surface area contributed by atoms with Gasteiger partial charge in [0.2, 0.25) is 0 Å². The highest BCUT2D eigenvalue weighted by molar-refractivity contribution is 6.76. The first-order chi connectivity index (χ1) is 11.5. The highest BCUT2D eigenvalue weighted by Crippen LogP contribution is 2.38. The number of hydrogen-bond donors (Lipinski definition) is 0. The molecule has 146 valence electrons. The lowest BCUT2D eigenvalue weighted by Gasteiger charge is -2.35. The Morgan fingerprint density at radius 1 is 0.846 bits per heavy atom. The molecule has 1 aromatic rings. The second kappa shape index (κ2) is 7.27. The van der Waals surface area contributed by atoms with Crippen LogP contribution in [0.25, 0.3) is 0 Å². The zero-order chi connectivity index (χ0) is 20.6. The average molecular weight is 396 g/mol. The van der Waals surface area contributed by atoms with Gasteiger partial charge in [-0.05, 0) is 48.4 Å². The smallest absolute Gasteiger partial charge is 0.343 e. The Morgan fingerprint density at radius 3 is 1.69 bits per heavy atom. The van der Waals surface area contributed by atoms with Crippen molar-refractivity contribution in [1.82, 2.24) is 4.98 Å². The van der Waals surface area contributed by atoms with E-state index in [1.807, 2.05) is 26.2 Å². The number of hydrogen-bond acceptors (Lipinski definition) is 5. The largest absolute Gasteiger partial charge is 0.516 e. The van der Waals surface area contributed by atoms with Crippen LogP contribution in [-0.2, 0) is 8.85 Å². The van der Waals surface area contributed by atoms with Gasteiger partial charge in [0.05, 0.1) is 5.56 Å². The molecule has 0 unspecified atom stereocenters. The van der Waals surface area contributed by atoms with E-state index in [9.17, 15) is 9.59 Å². The summed E-state index contributed by atoms with van der Waals surface area (Å²) < 4.78 is 11.6. The molecule has 0 bridgehead atoms. The van der Waals surface area contributed by atoms with Crippen molar-refractivity contribution in [2.75, 3.05) is 0 Å². The number of rotatable bonds is 4. The van der Waals surface area contributed by atoms with Gasteiger partial charge in [0.1, 0.15) is 5.69 Å². The molecule has 0 fully saturated rings. The van der Waals surface area contributed by atoms with Gasteiger partial charge in [0, 0.05) is 6.20 Å². The van der Waals surface area contributed by atoms with Crippen LogP contribution in [0.4, 0.5) is 0 Å². The van der Waals surface area contributed by atoms with E-state index >= 15 is 0 Å². The van der Waals surface area contributed by atoms with Gasteiger partial charge >= 0.3 is 11.9 Å². The van der Waals surface area contributed by atoms with Crippen molar-refractivity contribution in [3.05, 3.63) is 29.6 Å². The summed E-state index contributed by atoms with van der Waals surface area (Å²) in [7, 11) is -4.49. The molecule has 0 aliphatic heterocycles. The van der Waals surface area contributed by atoms with Crippen LogP contribution in [0.2, 0.25) is 36.3 Å². The second-order valence-electron chi connectivity index (χ2n) is 9.73. The summed E-state index contributed by atoms with van der Waals surface area (Å²) in [6, 6.07) is 3.03. The molecule has 0 spiro atoms. The summed E-state index contributed by atoms with van der Waals surface area (Å²) in [6.07, 6.45) is 1.45. The van der Waals surface area contributed by atoms with E-state index < -0.39 is 28.6 Å². The van der Waals surface area contributed by atoms with E-state index in [1.165, 1.54) is 12.3 Å². The summed E-state index contributed by atoms with van der Waals surface area (Å²) in [5, 5.41) is -0.179. The quantitative estimate of drug-likeness (QED) is 0.638. The number of pyridine rings is 1. The van der Waals surface area contributed by atoms with Crippen LogP contribution in [0.15, 0.2) is 18.3 Å². The van der Waals surface area contributed by atoms with Crippen LogP contribution >= 0.6 is 0 Å². The molecule has 7 heteroatoms. The molecule has 1 aromatic heterocycles. The highest BCUT2D eigenvalue weighted by atomic mass is 28.4. The molecule has 26 heavy (non-hydrogen) atoms. The number of nitrogens with zero attached hydrogens (tertiary/aromatic N) is 1. The van der Waals surface area contributed by atoms with Gasteiger partial charge in [-0.15, -0.1) is 0 Å². The minimum Gasteiger partial charge on any atom is -0.516 e. The minimum absolute atomic E-state index is 0.0835. The Labute approximate surface area is 159 Å². The fraction of sp³-hybridized carbons (Fsp3) is 0.632. The zero-order valence-electron chi connectivity index (χ0n) is 17.8. The molecule has 1 rings (SSSR count). The molecule has 0 saturated heterocycles. The Kier molecular flexibility index (Phi) is 6.31. The zero-order valence-corrected chi connectivity index (χ0v) is 19.8. The Balaban J connectivity index is 3.02. The van der Waals surface area contributed by atoms with Gasteiger partial charge in [-0.2, -0.15) is 0 Å². The van der Waals surface area contributed by atoms with E-state index in [0.29, 0.717) is 5.56 Å². The molecule has 0 aliphatic rings. The predicted molar refractivity (Wildman–Crippen MR) is 109 cm³/mol. The van der Waals surface area contributed by atoms with Crippen LogP contribution in [0.1, 0.15) is 62.4 Å². The third-order valence-corrected chi connectivity index (χ3v) is 14.1. The molecule has 0 radical (unpaired) electrons. The molecule has 0 saturated carbocycles. The maximum Gasteiger partial charge on any atom is 0.343 e. The van der Waals surface area contributed by atoms with Crippen molar-refractivity contribution in [3.63, 3.8) is 0 Å². The molecular formula is C19H33NO4Si2. The number of carbonyl (C=O) groups excluding carboxylic acids is 2. The van der Waals surface area contributed by atoms with Crippen LogP contribution in [0, 0.1) is 0 Å².